The minimum Gasteiger partial charge on any atom is -0.0654 e. The molecule has 0 heterocycles. The Kier molecular flexibility index (Phi) is 12.6. The van der Waals surface area contributed by atoms with E-state index in [2.05, 4.69) is 51.1 Å². The SMILES string of the molecule is CCCCCc1cc2ccccc2c(CCCCC)c1CCCCC.[Na]. The average Bonchev–Trinajstić information content (AvgIpc) is 2.63. The molecule has 0 nitrogen and oxygen atoms in total. The molecule has 0 aliphatic carbocycles. The van der Waals surface area contributed by atoms with Gasteiger partial charge in [0.1, 0.15) is 0 Å². The molecule has 139 valence electrons. The fourth-order valence-electron chi connectivity index (χ4n) is 4.02. The summed E-state index contributed by atoms with van der Waals surface area (Å²) < 4.78 is 0. The van der Waals surface area contributed by atoms with Crippen LogP contribution in [0.2, 0.25) is 0 Å². The molecule has 0 N–H and O–H groups in total. The molecule has 0 saturated heterocycles. The van der Waals surface area contributed by atoms with E-state index in [4.69, 9.17) is 0 Å². The maximum Gasteiger partial charge on any atom is 0 e. The number of aryl methyl sites for hydroxylation is 2. The Hall–Kier alpha value is -0.300. The predicted molar refractivity (Wildman–Crippen MR) is 119 cm³/mol. The van der Waals surface area contributed by atoms with Crippen molar-refractivity contribution >= 4 is 40.3 Å². The fraction of sp³-hybridized carbons (Fsp3) is 0.600. The van der Waals surface area contributed by atoms with Crippen LogP contribution in [0, 0.1) is 0 Å². The molecule has 0 saturated carbocycles. The van der Waals surface area contributed by atoms with Crippen LogP contribution in [0.4, 0.5) is 0 Å². The normalized spacial score (nSPS) is 10.9. The number of fused-ring (bicyclic) bond motifs is 1. The summed E-state index contributed by atoms with van der Waals surface area (Å²) in [5.41, 5.74) is 5.03. The zero-order valence-electron chi connectivity index (χ0n) is 17.9. The van der Waals surface area contributed by atoms with E-state index >= 15 is 0 Å². The molecule has 0 bridgehead atoms. The first-order chi connectivity index (χ1) is 12.3. The van der Waals surface area contributed by atoms with Crippen molar-refractivity contribution in [2.75, 3.05) is 0 Å². The van der Waals surface area contributed by atoms with Gasteiger partial charge in [-0.05, 0) is 66.0 Å². The Morgan fingerprint density at radius 2 is 1.15 bits per heavy atom. The standard InChI is InChI=1S/C25H38.Na/c1-4-7-10-15-21-20-22-16-13-14-18-24(22)25(19-12-9-6-3)23(21)17-11-8-5-2;/h13-14,16,18,20H,4-12,15,17,19H2,1-3H3;. The maximum atomic E-state index is 2.51. The second-order valence-electron chi connectivity index (χ2n) is 7.59. The zero-order chi connectivity index (χ0) is 17.9. The molecule has 0 aromatic heterocycles. The molecule has 0 aliphatic rings. The first-order valence-corrected chi connectivity index (χ1v) is 10.8. The summed E-state index contributed by atoms with van der Waals surface area (Å²) in [4.78, 5) is 0. The Balaban J connectivity index is 0.00000338. The van der Waals surface area contributed by atoms with Crippen molar-refractivity contribution in [2.45, 2.75) is 97.8 Å². The molecule has 0 fully saturated rings. The average molecular weight is 362 g/mol. The van der Waals surface area contributed by atoms with Crippen molar-refractivity contribution in [3.63, 3.8) is 0 Å². The van der Waals surface area contributed by atoms with Gasteiger partial charge in [0.05, 0.1) is 0 Å². The molecule has 2 aromatic carbocycles. The van der Waals surface area contributed by atoms with Gasteiger partial charge in [0, 0.05) is 29.6 Å². The Labute approximate surface area is 184 Å². The number of benzene rings is 2. The molecule has 0 amide bonds. The van der Waals surface area contributed by atoms with Crippen LogP contribution in [0.3, 0.4) is 0 Å². The van der Waals surface area contributed by atoms with Crippen molar-refractivity contribution < 1.29 is 0 Å². The van der Waals surface area contributed by atoms with E-state index in [1.165, 1.54) is 87.8 Å². The van der Waals surface area contributed by atoms with Gasteiger partial charge >= 0.3 is 0 Å². The van der Waals surface area contributed by atoms with Gasteiger partial charge in [0.2, 0.25) is 0 Å². The van der Waals surface area contributed by atoms with Gasteiger partial charge in [0.15, 0.2) is 0 Å². The van der Waals surface area contributed by atoms with E-state index in [9.17, 15) is 0 Å². The molecule has 0 unspecified atom stereocenters. The summed E-state index contributed by atoms with van der Waals surface area (Å²) in [6, 6.07) is 11.6. The van der Waals surface area contributed by atoms with E-state index in [-0.39, 0.29) is 29.6 Å². The van der Waals surface area contributed by atoms with Gasteiger partial charge in [-0.3, -0.25) is 0 Å². The van der Waals surface area contributed by atoms with Crippen molar-refractivity contribution in [1.82, 2.24) is 0 Å². The van der Waals surface area contributed by atoms with Crippen molar-refractivity contribution in [3.8, 4) is 0 Å². The summed E-state index contributed by atoms with van der Waals surface area (Å²) >= 11 is 0. The molecule has 0 aliphatic heterocycles. The smallest absolute Gasteiger partial charge is 0 e. The van der Waals surface area contributed by atoms with E-state index in [0.717, 1.165) is 0 Å². The monoisotopic (exact) mass is 361 g/mol. The number of unbranched alkanes of at least 4 members (excludes halogenated alkanes) is 6. The molecule has 0 atom stereocenters. The largest absolute Gasteiger partial charge is 0.0654 e. The summed E-state index contributed by atoms with van der Waals surface area (Å²) in [6.07, 6.45) is 15.8. The van der Waals surface area contributed by atoms with E-state index < -0.39 is 0 Å². The van der Waals surface area contributed by atoms with Crippen LogP contribution in [-0.4, -0.2) is 29.6 Å². The topological polar surface area (TPSA) is 0 Å². The minimum atomic E-state index is 0. The molecule has 1 radical (unpaired) electrons. The third-order valence-corrected chi connectivity index (χ3v) is 5.48. The van der Waals surface area contributed by atoms with Crippen molar-refractivity contribution in [1.29, 1.82) is 0 Å². The molecular formula is C25H38Na. The van der Waals surface area contributed by atoms with Crippen LogP contribution in [0.25, 0.3) is 10.8 Å². The minimum absolute atomic E-state index is 0. The molecule has 0 spiro atoms. The molecule has 26 heavy (non-hydrogen) atoms. The van der Waals surface area contributed by atoms with Crippen molar-refractivity contribution in [3.05, 3.63) is 47.0 Å². The van der Waals surface area contributed by atoms with Crippen LogP contribution in [0.1, 0.15) is 95.2 Å². The number of rotatable bonds is 12. The molecular weight excluding hydrogens is 323 g/mol. The fourth-order valence-corrected chi connectivity index (χ4v) is 4.02. The van der Waals surface area contributed by atoms with Gasteiger partial charge in [-0.1, -0.05) is 89.6 Å². The number of hydrogen-bond acceptors (Lipinski definition) is 0. The van der Waals surface area contributed by atoms with E-state index in [1.54, 1.807) is 16.7 Å². The van der Waals surface area contributed by atoms with E-state index in [0.29, 0.717) is 0 Å². The second kappa shape index (κ2) is 13.8. The molecule has 2 rings (SSSR count). The summed E-state index contributed by atoms with van der Waals surface area (Å²) in [5.74, 6) is 0. The Morgan fingerprint density at radius 1 is 0.615 bits per heavy atom. The van der Waals surface area contributed by atoms with E-state index in [1.807, 2.05) is 0 Å². The van der Waals surface area contributed by atoms with Crippen LogP contribution in [0.5, 0.6) is 0 Å². The quantitative estimate of drug-likeness (QED) is 0.269. The van der Waals surface area contributed by atoms with Crippen LogP contribution >= 0.6 is 0 Å². The maximum absolute atomic E-state index is 2.51. The molecule has 1 heteroatoms. The van der Waals surface area contributed by atoms with Crippen LogP contribution < -0.4 is 0 Å². The van der Waals surface area contributed by atoms with Gasteiger partial charge in [0.25, 0.3) is 0 Å². The summed E-state index contributed by atoms with van der Waals surface area (Å²) in [6.45, 7) is 6.92. The van der Waals surface area contributed by atoms with Crippen LogP contribution in [-0.2, 0) is 19.3 Å². The Bertz CT molecular complexity index is 629. The second-order valence-corrected chi connectivity index (χ2v) is 7.59. The van der Waals surface area contributed by atoms with Gasteiger partial charge in [-0.25, -0.2) is 0 Å². The third-order valence-electron chi connectivity index (χ3n) is 5.48. The van der Waals surface area contributed by atoms with Gasteiger partial charge in [-0.15, -0.1) is 0 Å². The van der Waals surface area contributed by atoms with Crippen molar-refractivity contribution in [2.24, 2.45) is 0 Å². The summed E-state index contributed by atoms with van der Waals surface area (Å²) in [5, 5.41) is 2.98. The predicted octanol–water partition coefficient (Wildman–Crippen LogP) is 7.66. The zero-order valence-corrected chi connectivity index (χ0v) is 19.9. The first-order valence-electron chi connectivity index (χ1n) is 10.8. The van der Waals surface area contributed by atoms with Crippen LogP contribution in [0.15, 0.2) is 30.3 Å². The first kappa shape index (κ1) is 23.7. The molecule has 2 aromatic rings. The van der Waals surface area contributed by atoms with Gasteiger partial charge in [-0.2, -0.15) is 0 Å². The third kappa shape index (κ3) is 7.02. The van der Waals surface area contributed by atoms with Gasteiger partial charge < -0.3 is 0 Å². The summed E-state index contributed by atoms with van der Waals surface area (Å²) in [7, 11) is 0. The Morgan fingerprint density at radius 3 is 1.77 bits per heavy atom. The number of hydrogen-bond donors (Lipinski definition) is 0.